The molecule has 0 radical (unpaired) electrons. The summed E-state index contributed by atoms with van der Waals surface area (Å²) in [5.41, 5.74) is 1.55. The van der Waals surface area contributed by atoms with E-state index in [-0.39, 0.29) is 4.90 Å². The molecule has 30 heavy (non-hydrogen) atoms. The van der Waals surface area contributed by atoms with Gasteiger partial charge in [0.15, 0.2) is 5.58 Å². The van der Waals surface area contributed by atoms with Crippen molar-refractivity contribution in [2.45, 2.75) is 31.8 Å². The number of rotatable bonds is 5. The van der Waals surface area contributed by atoms with Crippen LogP contribution in [0.4, 0.5) is 5.69 Å². The molecule has 1 aliphatic heterocycles. The molecule has 160 valence electrons. The Bertz CT molecular complexity index is 1230. The van der Waals surface area contributed by atoms with Crippen LogP contribution in [-0.4, -0.2) is 31.0 Å². The molecular weight excluding hydrogens is 442 g/mol. The largest absolute Gasteiger partial charge is 0.429 e. The van der Waals surface area contributed by atoms with Crippen molar-refractivity contribution in [2.75, 3.05) is 17.8 Å². The molecule has 2 unspecified atom stereocenters. The topological polar surface area (TPSA) is 67.5 Å². The van der Waals surface area contributed by atoms with Crippen molar-refractivity contribution in [3.8, 4) is 0 Å². The predicted octanol–water partition coefficient (Wildman–Crippen LogP) is 5.35. The lowest BCUT2D eigenvalue weighted by molar-refractivity contribution is 0.109. The quantitative estimate of drug-likeness (QED) is 0.514. The Kier molecular flexibility index (Phi) is 5.94. The number of para-hydroxylation sites is 1. The van der Waals surface area contributed by atoms with Gasteiger partial charge in [-0.1, -0.05) is 37.6 Å². The number of sulfonamides is 1. The van der Waals surface area contributed by atoms with Crippen LogP contribution >= 0.6 is 23.8 Å². The third-order valence-electron chi connectivity index (χ3n) is 5.35. The van der Waals surface area contributed by atoms with E-state index >= 15 is 0 Å². The predicted molar refractivity (Wildman–Crippen MR) is 122 cm³/mol. The fourth-order valence-corrected chi connectivity index (χ4v) is 5.78. The number of hydrogen-bond donors (Lipinski definition) is 1. The Morgan fingerprint density at radius 2 is 1.87 bits per heavy atom. The summed E-state index contributed by atoms with van der Waals surface area (Å²) >= 11 is 11.5. The van der Waals surface area contributed by atoms with Crippen molar-refractivity contribution >= 4 is 50.6 Å². The molecule has 2 aromatic carbocycles. The summed E-state index contributed by atoms with van der Waals surface area (Å²) in [5.74, 6) is 1.27. The second-order valence-corrected chi connectivity index (χ2v) is 10.6. The maximum atomic E-state index is 12.8. The van der Waals surface area contributed by atoms with E-state index in [1.165, 1.54) is 12.5 Å². The lowest BCUT2D eigenvalue weighted by Crippen LogP contribution is -2.39. The average Bonchev–Trinajstić information content (AvgIpc) is 2.97. The van der Waals surface area contributed by atoms with Crippen LogP contribution in [0.3, 0.4) is 0 Å². The lowest BCUT2D eigenvalue weighted by atomic mass is 9.92. The number of likely N-dealkylation sites (tertiary alicyclic amines) is 1. The summed E-state index contributed by atoms with van der Waals surface area (Å²) in [4.78, 5) is 2.79. The van der Waals surface area contributed by atoms with Gasteiger partial charge in [0, 0.05) is 19.2 Å². The van der Waals surface area contributed by atoms with Gasteiger partial charge in [0.25, 0.3) is 14.9 Å². The van der Waals surface area contributed by atoms with Gasteiger partial charge < -0.3 is 4.42 Å². The van der Waals surface area contributed by atoms with Gasteiger partial charge in [-0.2, -0.15) is 0 Å². The van der Waals surface area contributed by atoms with Gasteiger partial charge in [0.05, 0.1) is 27.8 Å². The monoisotopic (exact) mass is 465 g/mol. The summed E-state index contributed by atoms with van der Waals surface area (Å²) in [5, 5.41) is 0.329. The van der Waals surface area contributed by atoms with Gasteiger partial charge >= 0.3 is 0 Å². The molecule has 1 N–H and O–H groups in total. The first-order valence-electron chi connectivity index (χ1n) is 9.86. The maximum Gasteiger partial charge on any atom is 0.270 e. The van der Waals surface area contributed by atoms with E-state index in [1.54, 1.807) is 36.4 Å². The normalized spacial score (nSPS) is 20.5. The highest BCUT2D eigenvalue weighted by molar-refractivity contribution is 7.92. The van der Waals surface area contributed by atoms with Crippen LogP contribution in [0.15, 0.2) is 51.8 Å². The zero-order chi connectivity index (χ0) is 21.5. The van der Waals surface area contributed by atoms with E-state index in [0.29, 0.717) is 39.6 Å². The van der Waals surface area contributed by atoms with E-state index in [9.17, 15) is 8.42 Å². The number of nitrogens with zero attached hydrogens (tertiary/aromatic N) is 2. The van der Waals surface area contributed by atoms with Gasteiger partial charge in [-0.3, -0.25) is 14.2 Å². The van der Waals surface area contributed by atoms with Crippen molar-refractivity contribution in [3.63, 3.8) is 0 Å². The number of piperidine rings is 1. The second-order valence-electron chi connectivity index (χ2n) is 8.13. The van der Waals surface area contributed by atoms with Crippen LogP contribution in [0.25, 0.3) is 11.1 Å². The highest BCUT2D eigenvalue weighted by atomic mass is 35.5. The Labute approximate surface area is 186 Å². The number of benzene rings is 2. The molecule has 0 amide bonds. The minimum absolute atomic E-state index is 0.0889. The van der Waals surface area contributed by atoms with Crippen molar-refractivity contribution < 1.29 is 12.8 Å². The Morgan fingerprint density at radius 3 is 2.57 bits per heavy atom. The van der Waals surface area contributed by atoms with E-state index < -0.39 is 10.0 Å². The smallest absolute Gasteiger partial charge is 0.270 e. The molecule has 4 rings (SSSR count). The Balaban J connectivity index is 1.63. The first-order chi connectivity index (χ1) is 14.2. The molecule has 0 bridgehead atoms. The number of hydrogen-bond acceptors (Lipinski definition) is 5. The molecular formula is C21H24ClN3O3S2. The summed E-state index contributed by atoms with van der Waals surface area (Å²) in [7, 11) is -3.82. The Morgan fingerprint density at radius 1 is 1.17 bits per heavy atom. The van der Waals surface area contributed by atoms with Gasteiger partial charge in [0.1, 0.15) is 0 Å². The van der Waals surface area contributed by atoms with Crippen LogP contribution in [-0.2, 0) is 16.7 Å². The van der Waals surface area contributed by atoms with Crippen LogP contribution in [0, 0.1) is 16.7 Å². The molecule has 2 atom stereocenters. The molecule has 0 spiro atoms. The number of nitrogens with one attached hydrogen (secondary N) is 1. The zero-order valence-electron chi connectivity index (χ0n) is 16.8. The minimum atomic E-state index is -3.82. The number of fused-ring (bicyclic) bond motifs is 1. The third kappa shape index (κ3) is 4.42. The van der Waals surface area contributed by atoms with Crippen LogP contribution in [0.1, 0.15) is 20.3 Å². The highest BCUT2D eigenvalue weighted by Crippen LogP contribution is 2.28. The van der Waals surface area contributed by atoms with Crippen LogP contribution in [0.5, 0.6) is 0 Å². The van der Waals surface area contributed by atoms with Gasteiger partial charge in [-0.25, -0.2) is 8.42 Å². The average molecular weight is 466 g/mol. The minimum Gasteiger partial charge on any atom is -0.429 e. The first-order valence-corrected chi connectivity index (χ1v) is 12.1. The Hall–Kier alpha value is -1.87. The number of oxazole rings is 1. The van der Waals surface area contributed by atoms with Crippen LogP contribution in [0.2, 0.25) is 5.02 Å². The maximum absolute atomic E-state index is 12.8. The first kappa shape index (κ1) is 21.4. The van der Waals surface area contributed by atoms with Crippen molar-refractivity contribution in [2.24, 2.45) is 11.8 Å². The van der Waals surface area contributed by atoms with E-state index in [0.717, 1.165) is 18.6 Å². The summed E-state index contributed by atoms with van der Waals surface area (Å²) in [6.45, 7) is 7.17. The van der Waals surface area contributed by atoms with Gasteiger partial charge in [-0.05, 0) is 54.7 Å². The summed E-state index contributed by atoms with van der Waals surface area (Å²) < 4.78 is 35.8. The van der Waals surface area contributed by atoms with E-state index in [2.05, 4.69) is 23.5 Å². The second kappa shape index (κ2) is 8.34. The summed E-state index contributed by atoms with van der Waals surface area (Å²) in [6, 6.07) is 11.5. The molecule has 0 aliphatic carbocycles. The molecule has 3 aromatic rings. The third-order valence-corrected chi connectivity index (χ3v) is 7.35. The fraction of sp³-hybridized carbons (Fsp3) is 0.381. The molecule has 1 fully saturated rings. The standard InChI is InChI=1S/C21H24ClN3O3S2/c1-14-9-15(2)12-24(11-14)13-25-19-8-7-16(10-20(19)28-21(25)29)30(26,27)23-18-6-4-3-5-17(18)22/h3-8,10,14-15,23H,9,11-13H2,1-2H3. The zero-order valence-corrected chi connectivity index (χ0v) is 19.2. The van der Waals surface area contributed by atoms with Gasteiger partial charge in [-0.15, -0.1) is 0 Å². The van der Waals surface area contributed by atoms with Crippen LogP contribution < -0.4 is 4.72 Å². The fourth-order valence-electron chi connectivity index (χ4n) is 4.20. The number of halogens is 1. The summed E-state index contributed by atoms with van der Waals surface area (Å²) in [6.07, 6.45) is 1.23. The SMILES string of the molecule is CC1CC(C)CN(Cn2c(=S)oc3cc(S(=O)(=O)Nc4ccccc4Cl)ccc32)C1. The molecule has 6 nitrogen and oxygen atoms in total. The number of aromatic nitrogens is 1. The molecule has 2 heterocycles. The molecule has 1 aliphatic rings. The van der Waals surface area contributed by atoms with Crippen molar-refractivity contribution in [3.05, 3.63) is 52.3 Å². The highest BCUT2D eigenvalue weighted by Gasteiger charge is 2.23. The molecule has 1 aromatic heterocycles. The lowest BCUT2D eigenvalue weighted by Gasteiger charge is -2.34. The van der Waals surface area contributed by atoms with E-state index in [1.807, 2.05) is 4.57 Å². The number of anilines is 1. The van der Waals surface area contributed by atoms with Crippen molar-refractivity contribution in [1.82, 2.24) is 9.47 Å². The molecule has 9 heteroatoms. The van der Waals surface area contributed by atoms with Crippen molar-refractivity contribution in [1.29, 1.82) is 0 Å². The molecule has 0 saturated carbocycles. The van der Waals surface area contributed by atoms with E-state index in [4.69, 9.17) is 28.2 Å². The molecule has 1 saturated heterocycles. The van der Waals surface area contributed by atoms with Gasteiger partial charge in [0.2, 0.25) is 0 Å².